The van der Waals surface area contributed by atoms with Gasteiger partial charge in [0.05, 0.1) is 0 Å². The molecule has 0 N–H and O–H groups in total. The third-order valence-electron chi connectivity index (χ3n) is 1.96. The van der Waals surface area contributed by atoms with Crippen LogP contribution in [0.1, 0.15) is 5.56 Å². The molecule has 0 radical (unpaired) electrons. The Balaban J connectivity index is 2.69. The van der Waals surface area contributed by atoms with Crippen molar-refractivity contribution in [2.75, 3.05) is 7.11 Å². The molecule has 0 aliphatic rings. The largest absolute Gasteiger partial charge is 0.520 e. The monoisotopic (exact) mass is 208 g/mol. The van der Waals surface area contributed by atoms with Crippen LogP contribution in [0.4, 0.5) is 0 Å². The average Bonchev–Trinajstić information content (AvgIpc) is 2.19. The second-order valence-electron chi connectivity index (χ2n) is 3.50. The summed E-state index contributed by atoms with van der Waals surface area (Å²) in [6.07, 6.45) is 0. The fourth-order valence-corrected chi connectivity index (χ4v) is 1.82. The number of rotatable bonds is 4. The van der Waals surface area contributed by atoms with Crippen molar-refractivity contribution in [3.63, 3.8) is 0 Å². The first-order valence-corrected chi connectivity index (χ1v) is 7.35. The van der Waals surface area contributed by atoms with E-state index in [0.717, 1.165) is 5.56 Å². The summed E-state index contributed by atoms with van der Waals surface area (Å²) in [5.41, 5.74) is 1.00. The topological polar surface area (TPSA) is 18.5 Å². The molecule has 0 amide bonds. The zero-order valence-electron chi connectivity index (χ0n) is 8.91. The van der Waals surface area contributed by atoms with Crippen LogP contribution in [-0.2, 0) is 8.85 Å². The van der Waals surface area contributed by atoms with E-state index >= 15 is 0 Å². The summed E-state index contributed by atoms with van der Waals surface area (Å²) < 4.78 is 11.0. The Morgan fingerprint density at radius 3 is 2.29 bits per heavy atom. The Kier molecular flexibility index (Phi) is 3.49. The third-order valence-corrected chi connectivity index (χ3v) is 3.68. The highest BCUT2D eigenvalue weighted by molar-refractivity contribution is 6.65. The van der Waals surface area contributed by atoms with Crippen LogP contribution in [-0.4, -0.2) is 15.7 Å². The second kappa shape index (κ2) is 4.44. The van der Waals surface area contributed by atoms with Gasteiger partial charge in [-0.2, -0.15) is 0 Å². The first-order chi connectivity index (χ1) is 6.55. The summed E-state index contributed by atoms with van der Waals surface area (Å²) in [5, 5.41) is 0. The van der Waals surface area contributed by atoms with Crippen LogP contribution in [0.15, 0.2) is 36.9 Å². The zero-order chi connectivity index (χ0) is 10.6. The predicted octanol–water partition coefficient (Wildman–Crippen LogP) is 3.02. The highest BCUT2D eigenvalue weighted by Gasteiger charge is 2.25. The molecule has 14 heavy (non-hydrogen) atoms. The highest BCUT2D eigenvalue weighted by Crippen LogP contribution is 2.18. The van der Waals surface area contributed by atoms with E-state index in [2.05, 4.69) is 6.58 Å². The summed E-state index contributed by atoms with van der Waals surface area (Å²) >= 11 is 0. The van der Waals surface area contributed by atoms with E-state index in [-0.39, 0.29) is 0 Å². The van der Waals surface area contributed by atoms with Gasteiger partial charge in [-0.05, 0) is 13.1 Å². The molecule has 0 unspecified atom stereocenters. The molecule has 0 aliphatic heterocycles. The van der Waals surface area contributed by atoms with Gasteiger partial charge < -0.3 is 8.85 Å². The maximum absolute atomic E-state index is 5.70. The molecule has 1 aromatic rings. The van der Waals surface area contributed by atoms with Crippen LogP contribution >= 0.6 is 0 Å². The van der Waals surface area contributed by atoms with Gasteiger partial charge >= 0.3 is 8.56 Å². The van der Waals surface area contributed by atoms with Crippen LogP contribution < -0.4 is 0 Å². The van der Waals surface area contributed by atoms with Crippen molar-refractivity contribution in [1.29, 1.82) is 0 Å². The van der Waals surface area contributed by atoms with Gasteiger partial charge in [0.1, 0.15) is 5.76 Å². The first-order valence-electron chi connectivity index (χ1n) is 4.53. The SMILES string of the molecule is C=C(O[Si](C)(C)OC)c1ccccc1. The Morgan fingerprint density at radius 1 is 1.21 bits per heavy atom. The molecule has 0 heterocycles. The number of hydrogen-bond donors (Lipinski definition) is 0. The fraction of sp³-hybridized carbons (Fsp3) is 0.273. The minimum atomic E-state index is -2.02. The number of benzene rings is 1. The minimum absolute atomic E-state index is 0.684. The Hall–Kier alpha value is -1.06. The van der Waals surface area contributed by atoms with Gasteiger partial charge in [-0.3, -0.25) is 0 Å². The lowest BCUT2D eigenvalue weighted by molar-refractivity contribution is 0.298. The van der Waals surface area contributed by atoms with Gasteiger partial charge in [0, 0.05) is 12.7 Å². The highest BCUT2D eigenvalue weighted by atomic mass is 28.4. The molecule has 0 bridgehead atoms. The molecular weight excluding hydrogens is 192 g/mol. The summed E-state index contributed by atoms with van der Waals surface area (Å²) in [4.78, 5) is 0. The molecule has 1 aromatic carbocycles. The molecule has 0 atom stereocenters. The molecule has 1 rings (SSSR count). The van der Waals surface area contributed by atoms with Crippen LogP contribution in [0.25, 0.3) is 5.76 Å². The van der Waals surface area contributed by atoms with Gasteiger partial charge in [-0.25, -0.2) is 0 Å². The Labute approximate surface area is 86.4 Å². The quantitative estimate of drug-likeness (QED) is 0.559. The molecule has 76 valence electrons. The second-order valence-corrected chi connectivity index (χ2v) is 6.91. The summed E-state index contributed by atoms with van der Waals surface area (Å²) in [6, 6.07) is 9.84. The minimum Gasteiger partial charge on any atom is -0.520 e. The molecule has 2 nitrogen and oxygen atoms in total. The van der Waals surface area contributed by atoms with E-state index in [4.69, 9.17) is 8.85 Å². The average molecular weight is 208 g/mol. The lowest BCUT2D eigenvalue weighted by atomic mass is 10.2. The molecule has 0 fully saturated rings. The summed E-state index contributed by atoms with van der Waals surface area (Å²) in [7, 11) is -0.352. The van der Waals surface area contributed by atoms with Crippen molar-refractivity contribution < 1.29 is 8.85 Å². The van der Waals surface area contributed by atoms with Gasteiger partial charge in [0.25, 0.3) is 0 Å². The molecular formula is C11H16O2Si. The van der Waals surface area contributed by atoms with E-state index < -0.39 is 8.56 Å². The molecule has 0 spiro atoms. The van der Waals surface area contributed by atoms with Crippen LogP contribution in [0.5, 0.6) is 0 Å². The normalized spacial score (nSPS) is 11.1. The Bertz CT molecular complexity index is 306. The zero-order valence-corrected chi connectivity index (χ0v) is 9.91. The van der Waals surface area contributed by atoms with Crippen molar-refractivity contribution in [2.45, 2.75) is 13.1 Å². The van der Waals surface area contributed by atoms with Gasteiger partial charge in [0.2, 0.25) is 0 Å². The van der Waals surface area contributed by atoms with Crippen molar-refractivity contribution in [3.8, 4) is 0 Å². The van der Waals surface area contributed by atoms with Crippen LogP contribution in [0.3, 0.4) is 0 Å². The van der Waals surface area contributed by atoms with Crippen molar-refractivity contribution in [3.05, 3.63) is 42.5 Å². The third kappa shape index (κ3) is 3.01. The summed E-state index contributed by atoms with van der Waals surface area (Å²) in [6.45, 7) is 7.87. The van der Waals surface area contributed by atoms with E-state index in [0.29, 0.717) is 5.76 Å². The van der Waals surface area contributed by atoms with Crippen LogP contribution in [0, 0.1) is 0 Å². The van der Waals surface area contributed by atoms with E-state index in [9.17, 15) is 0 Å². The van der Waals surface area contributed by atoms with Gasteiger partial charge in [0.15, 0.2) is 0 Å². The molecule has 0 aromatic heterocycles. The maximum Gasteiger partial charge on any atom is 0.392 e. The Morgan fingerprint density at radius 2 is 1.79 bits per heavy atom. The smallest absolute Gasteiger partial charge is 0.392 e. The molecule has 0 aliphatic carbocycles. The van der Waals surface area contributed by atoms with Crippen molar-refractivity contribution in [2.24, 2.45) is 0 Å². The van der Waals surface area contributed by atoms with E-state index in [1.165, 1.54) is 0 Å². The lowest BCUT2D eigenvalue weighted by Gasteiger charge is -2.22. The maximum atomic E-state index is 5.70. The fourth-order valence-electron chi connectivity index (χ4n) is 1.02. The standard InChI is InChI=1S/C11H16O2Si/c1-10(13-14(3,4)12-2)11-8-6-5-7-9-11/h5-9H,1H2,2-4H3. The van der Waals surface area contributed by atoms with Crippen molar-refractivity contribution in [1.82, 2.24) is 0 Å². The molecule has 3 heteroatoms. The van der Waals surface area contributed by atoms with Crippen molar-refractivity contribution >= 4 is 14.3 Å². The predicted molar refractivity (Wildman–Crippen MR) is 61.1 cm³/mol. The molecule has 0 saturated heterocycles. The first kappa shape index (κ1) is 11.0. The van der Waals surface area contributed by atoms with E-state index in [1.54, 1.807) is 7.11 Å². The lowest BCUT2D eigenvalue weighted by Crippen LogP contribution is -2.32. The number of hydrogen-bond acceptors (Lipinski definition) is 2. The van der Waals surface area contributed by atoms with Gasteiger partial charge in [-0.15, -0.1) is 0 Å². The van der Waals surface area contributed by atoms with Gasteiger partial charge in [-0.1, -0.05) is 36.9 Å². The van der Waals surface area contributed by atoms with Crippen LogP contribution in [0.2, 0.25) is 13.1 Å². The van der Waals surface area contributed by atoms with E-state index in [1.807, 2.05) is 43.4 Å². The molecule has 0 saturated carbocycles. The summed E-state index contributed by atoms with van der Waals surface area (Å²) in [5.74, 6) is 0.684.